The van der Waals surface area contributed by atoms with Crippen LogP contribution in [0, 0.1) is 0 Å². The molecule has 0 saturated heterocycles. The van der Waals surface area contributed by atoms with Crippen molar-refractivity contribution in [3.63, 3.8) is 0 Å². The smallest absolute Gasteiger partial charge is 0.340 e. The topological polar surface area (TPSA) is 96.2 Å². The zero-order valence-corrected chi connectivity index (χ0v) is 21.8. The Hall–Kier alpha value is -2.11. The third kappa shape index (κ3) is 10.4. The van der Waals surface area contributed by atoms with Crippen molar-refractivity contribution in [2.45, 2.75) is 124 Å². The average Bonchev–Trinajstić information content (AvgIpc) is 2.81. The van der Waals surface area contributed by atoms with Crippen molar-refractivity contribution in [2.75, 3.05) is 13.2 Å². The Labute approximate surface area is 206 Å². The van der Waals surface area contributed by atoms with E-state index in [1.54, 1.807) is 0 Å². The number of ether oxygens (including phenoxy) is 2. The molecular weight excluding hydrogens is 432 g/mol. The van der Waals surface area contributed by atoms with E-state index in [0.29, 0.717) is 25.2 Å². The monoisotopic (exact) mass is 480 g/mol. The van der Waals surface area contributed by atoms with Crippen molar-refractivity contribution in [1.29, 1.82) is 0 Å². The van der Waals surface area contributed by atoms with Gasteiger partial charge in [0.15, 0.2) is 11.5 Å². The van der Waals surface area contributed by atoms with Gasteiger partial charge in [0.05, 0.1) is 13.2 Å². The number of unbranched alkanes of at least 4 members (excludes halogenated alkanes) is 12. The predicted octanol–water partition coefficient (Wildman–Crippen LogP) is 8.01. The number of aromatic hydroxyl groups is 2. The van der Waals surface area contributed by atoms with Crippen LogP contribution in [0.2, 0.25) is 0 Å². The third-order valence-electron chi connectivity index (χ3n) is 6.19. The first kappa shape index (κ1) is 29.9. The number of rotatable bonds is 21. The first-order valence-corrected chi connectivity index (χ1v) is 13.6. The van der Waals surface area contributed by atoms with Gasteiger partial charge in [-0.1, -0.05) is 97.8 Å². The summed E-state index contributed by atoms with van der Waals surface area (Å²) in [5.41, 5.74) is 0.138. The Morgan fingerprint density at radius 3 is 1.56 bits per heavy atom. The lowest BCUT2D eigenvalue weighted by Gasteiger charge is -2.21. The molecule has 6 nitrogen and oxygen atoms in total. The van der Waals surface area contributed by atoms with Crippen molar-refractivity contribution in [3.05, 3.63) is 11.1 Å². The zero-order chi connectivity index (χ0) is 25.2. The van der Waals surface area contributed by atoms with Crippen LogP contribution < -0.4 is 9.47 Å². The molecule has 1 rings (SSSR count). The Kier molecular flexibility index (Phi) is 16.1. The maximum absolute atomic E-state index is 12.0. The SMILES string of the molecule is CCCCCCCCOc1c(O)c(O)c(C(=O)O)c(CCCCC)c1OCCCCCCCC. The Balaban J connectivity index is 3.04. The van der Waals surface area contributed by atoms with Crippen molar-refractivity contribution < 1.29 is 29.6 Å². The van der Waals surface area contributed by atoms with Crippen LogP contribution in [0.5, 0.6) is 23.0 Å². The summed E-state index contributed by atoms with van der Waals surface area (Å²) in [4.78, 5) is 12.0. The highest BCUT2D eigenvalue weighted by atomic mass is 16.5. The summed E-state index contributed by atoms with van der Waals surface area (Å²) in [6, 6.07) is 0. The van der Waals surface area contributed by atoms with Crippen LogP contribution in [-0.2, 0) is 6.42 Å². The standard InChI is InChI=1S/C28H48O6/c1-4-7-10-12-14-17-20-33-26-22(19-16-9-6-3)23(28(31)32)24(29)25(30)27(26)34-21-18-15-13-11-8-5-2/h29-30H,4-21H2,1-3H3,(H,31,32). The molecule has 0 fully saturated rings. The minimum absolute atomic E-state index is 0.0774. The summed E-state index contributed by atoms with van der Waals surface area (Å²) in [7, 11) is 0. The van der Waals surface area contributed by atoms with Crippen LogP contribution >= 0.6 is 0 Å². The van der Waals surface area contributed by atoms with E-state index in [1.807, 2.05) is 0 Å². The molecule has 0 aliphatic heterocycles. The van der Waals surface area contributed by atoms with Crippen molar-refractivity contribution in [2.24, 2.45) is 0 Å². The summed E-state index contributed by atoms with van der Waals surface area (Å²) in [5.74, 6) is -2.09. The fourth-order valence-corrected chi connectivity index (χ4v) is 4.15. The van der Waals surface area contributed by atoms with Crippen LogP contribution in [-0.4, -0.2) is 34.5 Å². The zero-order valence-electron chi connectivity index (χ0n) is 21.8. The maximum atomic E-state index is 12.0. The largest absolute Gasteiger partial charge is 0.504 e. The van der Waals surface area contributed by atoms with Gasteiger partial charge in [0.25, 0.3) is 0 Å². The highest BCUT2D eigenvalue weighted by molar-refractivity contribution is 5.96. The van der Waals surface area contributed by atoms with Gasteiger partial charge in [-0.25, -0.2) is 4.79 Å². The van der Waals surface area contributed by atoms with Gasteiger partial charge in [0, 0.05) is 5.56 Å². The van der Waals surface area contributed by atoms with Gasteiger partial charge in [-0.15, -0.1) is 0 Å². The van der Waals surface area contributed by atoms with Crippen molar-refractivity contribution in [3.8, 4) is 23.0 Å². The lowest BCUT2D eigenvalue weighted by molar-refractivity contribution is 0.0690. The molecular formula is C28H48O6. The summed E-state index contributed by atoms with van der Waals surface area (Å²) < 4.78 is 12.0. The molecule has 0 aromatic heterocycles. The second-order valence-electron chi connectivity index (χ2n) is 9.20. The fraction of sp³-hybridized carbons (Fsp3) is 0.750. The van der Waals surface area contributed by atoms with Gasteiger partial charge in [0.2, 0.25) is 11.5 Å². The van der Waals surface area contributed by atoms with Gasteiger partial charge in [-0.2, -0.15) is 0 Å². The minimum atomic E-state index is -1.27. The van der Waals surface area contributed by atoms with E-state index in [9.17, 15) is 20.1 Å². The molecule has 34 heavy (non-hydrogen) atoms. The highest BCUT2D eigenvalue weighted by Crippen LogP contribution is 2.49. The summed E-state index contributed by atoms with van der Waals surface area (Å²) in [6.45, 7) is 7.26. The molecule has 0 spiro atoms. The Bertz CT molecular complexity index is 701. The van der Waals surface area contributed by atoms with E-state index in [2.05, 4.69) is 20.8 Å². The summed E-state index contributed by atoms with van der Waals surface area (Å²) in [6.07, 6.45) is 16.4. The quantitative estimate of drug-likeness (QED) is 0.122. The second kappa shape index (κ2) is 18.2. The first-order valence-electron chi connectivity index (χ1n) is 13.6. The van der Waals surface area contributed by atoms with Gasteiger partial charge in [-0.3, -0.25) is 0 Å². The molecule has 0 aliphatic carbocycles. The molecule has 0 bridgehead atoms. The van der Waals surface area contributed by atoms with Crippen LogP contribution in [0.15, 0.2) is 0 Å². The number of phenolic OH excluding ortho intramolecular Hbond substituents is 1. The summed E-state index contributed by atoms with van der Waals surface area (Å²) >= 11 is 0. The minimum Gasteiger partial charge on any atom is -0.504 e. The first-order chi connectivity index (χ1) is 16.5. The van der Waals surface area contributed by atoms with E-state index in [0.717, 1.165) is 57.8 Å². The molecule has 0 aliphatic rings. The van der Waals surface area contributed by atoms with E-state index in [1.165, 1.54) is 38.5 Å². The van der Waals surface area contributed by atoms with Gasteiger partial charge in [-0.05, 0) is 25.7 Å². The molecule has 0 radical (unpaired) electrons. The number of hydrogen-bond acceptors (Lipinski definition) is 5. The van der Waals surface area contributed by atoms with Gasteiger partial charge in [0.1, 0.15) is 5.56 Å². The molecule has 0 atom stereocenters. The number of carboxylic acids is 1. The number of phenols is 2. The average molecular weight is 481 g/mol. The normalized spacial score (nSPS) is 11.0. The lowest BCUT2D eigenvalue weighted by Crippen LogP contribution is -2.11. The highest BCUT2D eigenvalue weighted by Gasteiger charge is 2.29. The fourth-order valence-electron chi connectivity index (χ4n) is 4.15. The Morgan fingerprint density at radius 1 is 0.618 bits per heavy atom. The van der Waals surface area contributed by atoms with Crippen molar-refractivity contribution >= 4 is 5.97 Å². The molecule has 1 aromatic carbocycles. The molecule has 0 amide bonds. The Morgan fingerprint density at radius 2 is 1.06 bits per heavy atom. The van der Waals surface area contributed by atoms with Crippen LogP contribution in [0.4, 0.5) is 0 Å². The summed E-state index contributed by atoms with van der Waals surface area (Å²) in [5, 5.41) is 31.0. The molecule has 0 saturated carbocycles. The number of aromatic carboxylic acids is 1. The molecule has 3 N–H and O–H groups in total. The van der Waals surface area contributed by atoms with E-state index >= 15 is 0 Å². The number of hydrogen-bond donors (Lipinski definition) is 3. The molecule has 6 heteroatoms. The number of benzene rings is 1. The molecule has 1 aromatic rings. The van der Waals surface area contributed by atoms with E-state index < -0.39 is 17.5 Å². The van der Waals surface area contributed by atoms with Crippen LogP contribution in [0.25, 0.3) is 0 Å². The number of carboxylic acid groups (broad SMARTS) is 1. The van der Waals surface area contributed by atoms with Gasteiger partial charge >= 0.3 is 5.97 Å². The van der Waals surface area contributed by atoms with Crippen molar-refractivity contribution in [1.82, 2.24) is 0 Å². The van der Waals surface area contributed by atoms with Crippen LogP contribution in [0.1, 0.15) is 133 Å². The van der Waals surface area contributed by atoms with E-state index in [4.69, 9.17) is 9.47 Å². The molecule has 0 heterocycles. The molecule has 196 valence electrons. The number of carbonyl (C=O) groups is 1. The lowest BCUT2D eigenvalue weighted by atomic mass is 9.97. The second-order valence-corrected chi connectivity index (χ2v) is 9.20. The third-order valence-corrected chi connectivity index (χ3v) is 6.19. The van der Waals surface area contributed by atoms with Gasteiger partial charge < -0.3 is 24.8 Å². The van der Waals surface area contributed by atoms with E-state index in [-0.39, 0.29) is 17.1 Å². The maximum Gasteiger partial charge on any atom is 0.340 e. The predicted molar refractivity (Wildman–Crippen MR) is 138 cm³/mol. The molecule has 0 unspecified atom stereocenters. The van der Waals surface area contributed by atoms with Crippen LogP contribution in [0.3, 0.4) is 0 Å².